The molecular formula is C58H45N3O. The largest absolute Gasteiger partial charge is 0.453 e. The Kier molecular flexibility index (Phi) is 9.01. The van der Waals surface area contributed by atoms with Crippen LogP contribution in [0.25, 0.3) is 44.2 Å². The van der Waals surface area contributed by atoms with Gasteiger partial charge in [-0.3, -0.25) is 0 Å². The average molecular weight is 800 g/mol. The van der Waals surface area contributed by atoms with Gasteiger partial charge in [-0.15, -0.1) is 0 Å². The van der Waals surface area contributed by atoms with Gasteiger partial charge in [0.2, 0.25) is 0 Å². The molecule has 0 saturated carbocycles. The summed E-state index contributed by atoms with van der Waals surface area (Å²) in [5.74, 6) is 1.66. The number of anilines is 5. The van der Waals surface area contributed by atoms with E-state index >= 15 is 0 Å². The number of para-hydroxylation sites is 5. The van der Waals surface area contributed by atoms with Gasteiger partial charge in [0.05, 0.1) is 22.4 Å². The summed E-state index contributed by atoms with van der Waals surface area (Å²) in [4.78, 5) is 4.68. The molecule has 1 aliphatic carbocycles. The maximum absolute atomic E-state index is 6.59. The van der Waals surface area contributed by atoms with Gasteiger partial charge in [0, 0.05) is 39.2 Å². The number of nitrogens with zero attached hydrogens (tertiary/aromatic N) is 3. The molecule has 0 N–H and O–H groups in total. The van der Waals surface area contributed by atoms with Crippen LogP contribution in [0.3, 0.4) is 0 Å². The first kappa shape index (κ1) is 37.2. The van der Waals surface area contributed by atoms with Crippen molar-refractivity contribution in [3.63, 3.8) is 0 Å². The SMILES string of the molecule is C=C1/C=C\C(N(c2ccc(-c3ccc4c(c3)Oc3ccccc3N4c3ccccc3)cc2)c2ccc3c(c2)c2ccccc2n3-c2ccccc2)=C/CC(C)(C)c2ccccc21. The van der Waals surface area contributed by atoms with Gasteiger partial charge in [-0.25, -0.2) is 0 Å². The van der Waals surface area contributed by atoms with E-state index in [0.717, 1.165) is 74.4 Å². The highest BCUT2D eigenvalue weighted by atomic mass is 16.5. The molecule has 0 saturated heterocycles. The molecule has 1 aromatic heterocycles. The number of benzene rings is 8. The standard InChI is InChI=1S/C58H45N3O/c1-40-26-30-46(36-37-58(2,3)51-22-12-10-20-48(40)51)59(47-33-35-53-50(39-47)49-21-11-13-23-52(49)60(53)43-16-6-4-7-17-43)45-31-27-41(28-32-45)42-29-34-55-57(38-42)62-56-25-15-14-24-54(56)61(55)44-18-8-5-9-19-44/h4-36,38-39H,1,37H2,2-3H3/b30-26-,46-36+. The summed E-state index contributed by atoms with van der Waals surface area (Å²) in [6.45, 7) is 9.24. The Bertz CT molecular complexity index is 3230. The lowest BCUT2D eigenvalue weighted by atomic mass is 9.78. The Balaban J connectivity index is 1.03. The molecule has 62 heavy (non-hydrogen) atoms. The summed E-state index contributed by atoms with van der Waals surface area (Å²) in [5, 5.41) is 2.42. The van der Waals surface area contributed by atoms with Crippen LogP contribution in [0.5, 0.6) is 11.5 Å². The van der Waals surface area contributed by atoms with Crippen molar-refractivity contribution in [2.45, 2.75) is 25.7 Å². The monoisotopic (exact) mass is 799 g/mol. The number of hydrogen-bond donors (Lipinski definition) is 0. The molecule has 0 fully saturated rings. The van der Waals surface area contributed by atoms with Crippen LogP contribution >= 0.6 is 0 Å². The number of rotatable bonds is 6. The molecule has 0 amide bonds. The Labute approximate surface area is 363 Å². The molecule has 2 aliphatic rings. The lowest BCUT2D eigenvalue weighted by molar-refractivity contribution is 0.477. The first-order valence-corrected chi connectivity index (χ1v) is 21.3. The van der Waals surface area contributed by atoms with E-state index in [1.807, 2.05) is 12.1 Å². The Morgan fingerprint density at radius 3 is 2.00 bits per heavy atom. The second kappa shape index (κ2) is 15.0. The predicted molar refractivity (Wildman–Crippen MR) is 260 cm³/mol. The molecule has 0 unspecified atom stereocenters. The van der Waals surface area contributed by atoms with E-state index in [1.165, 1.54) is 32.9 Å². The lowest BCUT2D eigenvalue weighted by Gasteiger charge is -2.33. The van der Waals surface area contributed by atoms with Crippen LogP contribution in [0.1, 0.15) is 31.4 Å². The fraction of sp³-hybridized carbons (Fsp3) is 0.0690. The van der Waals surface area contributed by atoms with Crippen molar-refractivity contribution in [2.24, 2.45) is 0 Å². The fourth-order valence-corrected chi connectivity index (χ4v) is 9.33. The van der Waals surface area contributed by atoms with E-state index < -0.39 is 0 Å². The summed E-state index contributed by atoms with van der Waals surface area (Å²) < 4.78 is 8.96. The van der Waals surface area contributed by atoms with E-state index in [1.54, 1.807) is 0 Å². The zero-order valence-corrected chi connectivity index (χ0v) is 34.9. The van der Waals surface area contributed by atoms with Crippen LogP contribution in [0, 0.1) is 0 Å². The van der Waals surface area contributed by atoms with Crippen LogP contribution in [0.15, 0.2) is 225 Å². The van der Waals surface area contributed by atoms with Crippen LogP contribution in [0.4, 0.5) is 28.4 Å². The van der Waals surface area contributed by atoms with Crippen molar-refractivity contribution in [2.75, 3.05) is 9.80 Å². The van der Waals surface area contributed by atoms with Crippen molar-refractivity contribution in [3.05, 3.63) is 236 Å². The van der Waals surface area contributed by atoms with Gasteiger partial charge < -0.3 is 19.1 Å². The van der Waals surface area contributed by atoms with Crippen LogP contribution in [-0.4, -0.2) is 4.57 Å². The summed E-state index contributed by atoms with van der Waals surface area (Å²) >= 11 is 0. The summed E-state index contributed by atoms with van der Waals surface area (Å²) in [6, 6.07) is 69.2. The Hall–Kier alpha value is -7.82. The third kappa shape index (κ3) is 6.40. The minimum absolute atomic E-state index is 0.121. The van der Waals surface area contributed by atoms with Gasteiger partial charge in [0.1, 0.15) is 0 Å². The quantitative estimate of drug-likeness (QED) is 0.167. The Morgan fingerprint density at radius 1 is 0.532 bits per heavy atom. The van der Waals surface area contributed by atoms with E-state index in [-0.39, 0.29) is 5.41 Å². The fourth-order valence-electron chi connectivity index (χ4n) is 9.33. The zero-order valence-electron chi connectivity index (χ0n) is 34.9. The van der Waals surface area contributed by atoms with Crippen LogP contribution in [0.2, 0.25) is 0 Å². The molecule has 298 valence electrons. The van der Waals surface area contributed by atoms with E-state index in [4.69, 9.17) is 4.74 Å². The smallest absolute Gasteiger partial charge is 0.152 e. The minimum atomic E-state index is -0.121. The number of allylic oxidation sites excluding steroid dienone is 4. The number of fused-ring (bicyclic) bond motifs is 6. The molecule has 0 bridgehead atoms. The third-order valence-corrected chi connectivity index (χ3v) is 12.5. The minimum Gasteiger partial charge on any atom is -0.453 e. The zero-order chi connectivity index (χ0) is 41.8. The van der Waals surface area contributed by atoms with Gasteiger partial charge in [0.15, 0.2) is 11.5 Å². The molecular weight excluding hydrogens is 755 g/mol. The lowest BCUT2D eigenvalue weighted by Crippen LogP contribution is -2.19. The molecule has 0 radical (unpaired) electrons. The molecule has 0 atom stereocenters. The summed E-state index contributed by atoms with van der Waals surface area (Å²) in [5.41, 5.74) is 15.4. The molecule has 0 spiro atoms. The van der Waals surface area contributed by atoms with E-state index in [2.05, 4.69) is 235 Å². The van der Waals surface area contributed by atoms with Crippen LogP contribution < -0.4 is 14.5 Å². The van der Waals surface area contributed by atoms with E-state index in [0.29, 0.717) is 0 Å². The van der Waals surface area contributed by atoms with Crippen molar-refractivity contribution in [1.82, 2.24) is 4.57 Å². The molecule has 9 aromatic rings. The van der Waals surface area contributed by atoms with Gasteiger partial charge in [-0.2, -0.15) is 0 Å². The first-order chi connectivity index (χ1) is 30.4. The first-order valence-electron chi connectivity index (χ1n) is 21.3. The summed E-state index contributed by atoms with van der Waals surface area (Å²) in [6.07, 6.45) is 7.66. The van der Waals surface area contributed by atoms with Crippen molar-refractivity contribution < 1.29 is 4.74 Å². The highest BCUT2D eigenvalue weighted by Gasteiger charge is 2.28. The van der Waals surface area contributed by atoms with E-state index in [9.17, 15) is 0 Å². The molecule has 4 nitrogen and oxygen atoms in total. The normalized spacial score (nSPS) is 15.5. The molecule has 1 aliphatic heterocycles. The predicted octanol–water partition coefficient (Wildman–Crippen LogP) is 16.0. The second-order valence-electron chi connectivity index (χ2n) is 16.8. The van der Waals surface area contributed by atoms with Gasteiger partial charge >= 0.3 is 0 Å². The number of hydrogen-bond acceptors (Lipinski definition) is 3. The molecule has 2 heterocycles. The third-order valence-electron chi connectivity index (χ3n) is 12.5. The van der Waals surface area contributed by atoms with Crippen molar-refractivity contribution in [1.29, 1.82) is 0 Å². The highest BCUT2D eigenvalue weighted by molar-refractivity contribution is 6.10. The topological polar surface area (TPSA) is 20.6 Å². The van der Waals surface area contributed by atoms with Crippen molar-refractivity contribution >= 4 is 55.8 Å². The van der Waals surface area contributed by atoms with Gasteiger partial charge in [0.25, 0.3) is 0 Å². The Morgan fingerprint density at radius 2 is 1.18 bits per heavy atom. The maximum Gasteiger partial charge on any atom is 0.152 e. The van der Waals surface area contributed by atoms with Crippen molar-refractivity contribution in [3.8, 4) is 28.3 Å². The highest BCUT2D eigenvalue weighted by Crippen LogP contribution is 2.51. The van der Waals surface area contributed by atoms with Gasteiger partial charge in [-0.05, 0) is 131 Å². The van der Waals surface area contributed by atoms with Gasteiger partial charge in [-0.1, -0.05) is 142 Å². The maximum atomic E-state index is 6.59. The molecule has 11 rings (SSSR count). The van der Waals surface area contributed by atoms with Crippen LogP contribution in [-0.2, 0) is 5.41 Å². The molecule has 8 aromatic carbocycles. The number of ether oxygens (including phenoxy) is 1. The average Bonchev–Trinajstić information content (AvgIpc) is 3.67. The second-order valence-corrected chi connectivity index (χ2v) is 16.8. The number of aromatic nitrogens is 1. The molecule has 4 heteroatoms. The summed E-state index contributed by atoms with van der Waals surface area (Å²) in [7, 11) is 0.